The average Bonchev–Trinajstić information content (AvgIpc) is 3.30. The Hall–Kier alpha value is -2.70. The molecule has 150 valence electrons. The topological polar surface area (TPSA) is 40.2 Å². The lowest BCUT2D eigenvalue weighted by atomic mass is 10.1. The van der Waals surface area contributed by atoms with E-state index in [1.165, 1.54) is 16.5 Å². The molecule has 4 nitrogen and oxygen atoms in total. The molecule has 1 aliphatic heterocycles. The molecule has 2 aromatic carbocycles. The lowest BCUT2D eigenvalue weighted by Gasteiger charge is -2.36. The average molecular weight is 411 g/mol. The molecule has 4 rings (SSSR count). The second-order valence-electron chi connectivity index (χ2n) is 7.16. The number of piperazine rings is 1. The van der Waals surface area contributed by atoms with Gasteiger partial charge in [-0.2, -0.15) is 0 Å². The van der Waals surface area contributed by atoms with Gasteiger partial charge in [0.15, 0.2) is 6.54 Å². The van der Waals surface area contributed by atoms with Crippen LogP contribution in [-0.2, 0) is 4.79 Å². The van der Waals surface area contributed by atoms with Crippen LogP contribution in [0.15, 0.2) is 72.1 Å². The van der Waals surface area contributed by atoms with Crippen molar-refractivity contribution in [2.45, 2.75) is 6.04 Å². The molecule has 6 heteroatoms. The first-order valence-corrected chi connectivity index (χ1v) is 10.8. The Balaban J connectivity index is 1.35. The van der Waals surface area contributed by atoms with E-state index >= 15 is 0 Å². The number of anilines is 1. The van der Waals surface area contributed by atoms with Crippen molar-refractivity contribution in [3.05, 3.63) is 88.4 Å². The lowest BCUT2D eigenvalue weighted by molar-refractivity contribution is -0.676. The van der Waals surface area contributed by atoms with E-state index in [0.717, 1.165) is 0 Å². The number of rotatable bonds is 6. The van der Waals surface area contributed by atoms with Crippen molar-refractivity contribution < 1.29 is 14.5 Å². The van der Waals surface area contributed by atoms with Crippen LogP contribution in [0.25, 0.3) is 0 Å². The second kappa shape index (κ2) is 9.20. The Morgan fingerprint density at radius 2 is 1.69 bits per heavy atom. The van der Waals surface area contributed by atoms with Crippen molar-refractivity contribution in [1.29, 1.82) is 0 Å². The van der Waals surface area contributed by atoms with Crippen molar-refractivity contribution in [1.82, 2.24) is 4.90 Å². The molecule has 1 aliphatic rings. The summed E-state index contributed by atoms with van der Waals surface area (Å²) >= 11 is 1.71. The predicted molar refractivity (Wildman–Crippen MR) is 115 cm³/mol. The molecule has 29 heavy (non-hydrogen) atoms. The molecule has 1 fully saturated rings. The molecule has 0 spiro atoms. The van der Waals surface area contributed by atoms with Crippen molar-refractivity contribution in [2.75, 3.05) is 37.6 Å². The molecule has 1 saturated heterocycles. The maximum Gasteiger partial charge on any atom is 0.277 e. The van der Waals surface area contributed by atoms with Crippen molar-refractivity contribution in [3.8, 4) is 0 Å². The van der Waals surface area contributed by atoms with Gasteiger partial charge in [0, 0.05) is 31.7 Å². The molecule has 2 heterocycles. The van der Waals surface area contributed by atoms with Crippen molar-refractivity contribution in [2.24, 2.45) is 0 Å². The van der Waals surface area contributed by atoms with Crippen LogP contribution in [0, 0.1) is 5.82 Å². The van der Waals surface area contributed by atoms with Gasteiger partial charge in [0.05, 0.1) is 10.6 Å². The summed E-state index contributed by atoms with van der Waals surface area (Å²) in [6.45, 7) is 2.95. The van der Waals surface area contributed by atoms with Crippen LogP contribution in [0.3, 0.4) is 0 Å². The van der Waals surface area contributed by atoms with Crippen LogP contribution in [0.5, 0.6) is 0 Å². The van der Waals surface area contributed by atoms with E-state index in [4.69, 9.17) is 0 Å². The second-order valence-corrected chi connectivity index (χ2v) is 8.14. The van der Waals surface area contributed by atoms with E-state index in [2.05, 4.69) is 28.9 Å². The van der Waals surface area contributed by atoms with E-state index < -0.39 is 0 Å². The Kier molecular flexibility index (Phi) is 6.22. The fourth-order valence-electron chi connectivity index (χ4n) is 3.80. The number of para-hydroxylation sites is 1. The number of amides is 1. The van der Waals surface area contributed by atoms with Crippen LogP contribution in [0.1, 0.15) is 16.5 Å². The first kappa shape index (κ1) is 19.6. The molecule has 3 aromatic rings. The Morgan fingerprint density at radius 3 is 2.38 bits per heavy atom. The summed E-state index contributed by atoms with van der Waals surface area (Å²) in [5.74, 6) is -0.0714. The molecule has 0 unspecified atom stereocenters. The normalized spacial score (nSPS) is 15.3. The summed E-state index contributed by atoms with van der Waals surface area (Å²) in [7, 11) is 0. The quantitative estimate of drug-likeness (QED) is 0.679. The van der Waals surface area contributed by atoms with E-state index in [-0.39, 0.29) is 17.8 Å². The van der Waals surface area contributed by atoms with E-state index in [1.807, 2.05) is 40.1 Å². The zero-order chi connectivity index (χ0) is 20.1. The van der Waals surface area contributed by atoms with Gasteiger partial charge in [-0.05, 0) is 23.6 Å². The van der Waals surface area contributed by atoms with Crippen molar-refractivity contribution in [3.63, 3.8) is 0 Å². The third kappa shape index (κ3) is 4.66. The number of nitrogens with two attached hydrogens (primary N) is 1. The summed E-state index contributed by atoms with van der Waals surface area (Å²) in [6, 6.07) is 21.4. The number of thiophene rings is 1. The maximum absolute atomic E-state index is 14.0. The minimum absolute atomic E-state index is 0.125. The highest BCUT2D eigenvalue weighted by atomic mass is 32.1. The van der Waals surface area contributed by atoms with Crippen LogP contribution < -0.4 is 10.2 Å². The van der Waals surface area contributed by atoms with Gasteiger partial charge in [-0.25, -0.2) is 4.39 Å². The number of benzene rings is 2. The molecule has 1 atom stereocenters. The van der Waals surface area contributed by atoms with E-state index in [1.54, 1.807) is 23.5 Å². The van der Waals surface area contributed by atoms with Crippen LogP contribution in [0.2, 0.25) is 0 Å². The fraction of sp³-hybridized carbons (Fsp3) is 0.261. The Morgan fingerprint density at radius 1 is 0.966 bits per heavy atom. The third-order valence-corrected chi connectivity index (χ3v) is 6.32. The minimum atomic E-state index is -0.206. The lowest BCUT2D eigenvalue weighted by Crippen LogP contribution is -2.87. The Labute approximate surface area is 174 Å². The highest BCUT2D eigenvalue weighted by Gasteiger charge is 2.25. The smallest absolute Gasteiger partial charge is 0.277 e. The number of carbonyl (C=O) groups excluding carboxylic acids is 1. The van der Waals surface area contributed by atoms with Gasteiger partial charge in [-0.15, -0.1) is 11.3 Å². The van der Waals surface area contributed by atoms with Crippen molar-refractivity contribution >= 4 is 22.9 Å². The molecule has 0 radical (unpaired) electrons. The van der Waals surface area contributed by atoms with Crippen LogP contribution in [-0.4, -0.2) is 43.5 Å². The molecule has 2 N–H and O–H groups in total. The number of hydrogen-bond donors (Lipinski definition) is 1. The van der Waals surface area contributed by atoms with Gasteiger partial charge in [-0.1, -0.05) is 48.5 Å². The molecule has 1 amide bonds. The summed E-state index contributed by atoms with van der Waals surface area (Å²) < 4.78 is 14.0. The van der Waals surface area contributed by atoms with Gasteiger partial charge in [-0.3, -0.25) is 4.79 Å². The van der Waals surface area contributed by atoms with Gasteiger partial charge < -0.3 is 15.1 Å². The van der Waals surface area contributed by atoms with Gasteiger partial charge in [0.2, 0.25) is 0 Å². The summed E-state index contributed by atoms with van der Waals surface area (Å²) in [4.78, 5) is 18.0. The molecular formula is C23H25FN3OS+. The van der Waals surface area contributed by atoms with Gasteiger partial charge >= 0.3 is 0 Å². The SMILES string of the molecule is O=C(C[NH2+][C@@H](c1ccccc1)c1cccs1)N1CCN(c2ccccc2F)CC1. The summed E-state index contributed by atoms with van der Waals surface area (Å²) in [5.41, 5.74) is 1.82. The maximum atomic E-state index is 14.0. The predicted octanol–water partition coefficient (Wildman–Crippen LogP) is 2.89. The highest BCUT2D eigenvalue weighted by molar-refractivity contribution is 7.10. The standard InChI is InChI=1S/C23H24FN3OS/c24-19-9-4-5-10-20(19)26-12-14-27(15-13-26)22(28)17-25-23(21-11-6-16-29-21)18-7-2-1-3-8-18/h1-11,16,23,25H,12-15,17H2/p+1/t23-/m0/s1. The first-order valence-electron chi connectivity index (χ1n) is 9.91. The largest absolute Gasteiger partial charge is 0.366 e. The molecular weight excluding hydrogens is 385 g/mol. The van der Waals surface area contributed by atoms with E-state index in [0.29, 0.717) is 38.4 Å². The number of carbonyl (C=O) groups is 1. The molecule has 0 bridgehead atoms. The Bertz CT molecular complexity index is 924. The molecule has 1 aromatic heterocycles. The number of halogens is 1. The first-order chi connectivity index (χ1) is 14.2. The summed E-state index contributed by atoms with van der Waals surface area (Å²) in [6.07, 6.45) is 0. The monoisotopic (exact) mass is 410 g/mol. The minimum Gasteiger partial charge on any atom is -0.366 e. The fourth-order valence-corrected chi connectivity index (χ4v) is 4.65. The zero-order valence-electron chi connectivity index (χ0n) is 16.2. The molecule has 0 saturated carbocycles. The zero-order valence-corrected chi connectivity index (χ0v) is 17.0. The van der Waals surface area contributed by atoms with E-state index in [9.17, 15) is 9.18 Å². The van der Waals surface area contributed by atoms with Gasteiger partial charge in [0.1, 0.15) is 11.9 Å². The van der Waals surface area contributed by atoms with Gasteiger partial charge in [0.25, 0.3) is 5.91 Å². The van der Waals surface area contributed by atoms with Crippen LogP contribution in [0.4, 0.5) is 10.1 Å². The summed E-state index contributed by atoms with van der Waals surface area (Å²) in [5, 5.41) is 4.19. The van der Waals surface area contributed by atoms with Crippen LogP contribution >= 0.6 is 11.3 Å². The number of nitrogens with zero attached hydrogens (tertiary/aromatic N) is 2. The molecule has 0 aliphatic carbocycles. The third-order valence-electron chi connectivity index (χ3n) is 5.36. The highest BCUT2D eigenvalue weighted by Crippen LogP contribution is 2.23. The number of quaternary nitrogens is 1. The number of hydrogen-bond acceptors (Lipinski definition) is 3.